The molecule has 2 amide bonds. The number of aromatic nitrogens is 3. The van der Waals surface area contributed by atoms with Crippen LogP contribution >= 0.6 is 0 Å². The Morgan fingerprint density at radius 3 is 1.62 bits per heavy atom. The molecule has 1 aliphatic rings. The van der Waals surface area contributed by atoms with Crippen LogP contribution in [0.4, 0.5) is 11.4 Å². The van der Waals surface area contributed by atoms with Crippen molar-refractivity contribution in [3.05, 3.63) is 223 Å². The first kappa shape index (κ1) is 37.7. The molecule has 3 aromatic heterocycles. The molecule has 0 spiro atoms. The van der Waals surface area contributed by atoms with Crippen LogP contribution in [0.3, 0.4) is 0 Å². The third-order valence-corrected chi connectivity index (χ3v) is 11.9. The number of anilines is 1. The first-order valence-electron chi connectivity index (χ1n) is 20.6. The quantitative estimate of drug-likeness (QED) is 0.118. The summed E-state index contributed by atoms with van der Waals surface area (Å²) < 4.78 is 2.05. The summed E-state index contributed by atoms with van der Waals surface area (Å²) in [6.45, 7) is 7.62. The van der Waals surface area contributed by atoms with Crippen LogP contribution in [0.15, 0.2) is 195 Å². The van der Waals surface area contributed by atoms with Gasteiger partial charge in [0.25, 0.3) is 11.8 Å². The predicted molar refractivity (Wildman–Crippen MR) is 252 cm³/mol. The summed E-state index contributed by atoms with van der Waals surface area (Å²) in [5.74, 6) is -0.869. The molecule has 0 radical (unpaired) electrons. The lowest BCUT2D eigenvalue weighted by molar-refractivity contribution is 0.0926. The second-order valence-corrected chi connectivity index (χ2v) is 15.6. The summed E-state index contributed by atoms with van der Waals surface area (Å²) in [7, 11) is 0. The molecule has 298 valence electrons. The first-order chi connectivity index (χ1) is 31.5. The second kappa shape index (κ2) is 15.3. The summed E-state index contributed by atoms with van der Waals surface area (Å²) in [5.41, 5.74) is 12.4. The van der Waals surface area contributed by atoms with E-state index in [1.54, 1.807) is 30.6 Å². The Morgan fingerprint density at radius 2 is 1.05 bits per heavy atom. The molecule has 0 unspecified atom stereocenters. The maximum atomic E-state index is 15.7. The van der Waals surface area contributed by atoms with E-state index in [0.29, 0.717) is 22.6 Å². The minimum absolute atomic E-state index is 0.275. The summed E-state index contributed by atoms with van der Waals surface area (Å²) >= 11 is 0. The van der Waals surface area contributed by atoms with Gasteiger partial charge < -0.3 is 4.57 Å². The van der Waals surface area contributed by atoms with E-state index in [0.717, 1.165) is 77.4 Å². The zero-order valence-corrected chi connectivity index (χ0v) is 34.0. The van der Waals surface area contributed by atoms with E-state index in [1.807, 2.05) is 132 Å². The Hall–Kier alpha value is -9.24. The van der Waals surface area contributed by atoms with Crippen LogP contribution in [0.1, 0.15) is 26.3 Å². The van der Waals surface area contributed by atoms with Crippen LogP contribution in [0, 0.1) is 17.9 Å². The molecule has 64 heavy (non-hydrogen) atoms. The Morgan fingerprint density at radius 1 is 0.484 bits per heavy atom. The number of pyridine rings is 2. The number of amides is 2. The van der Waals surface area contributed by atoms with Gasteiger partial charge in [-0.05, 0) is 87.5 Å². The Labute approximate surface area is 368 Å². The van der Waals surface area contributed by atoms with Gasteiger partial charge in [0.1, 0.15) is 6.07 Å². The fourth-order valence-electron chi connectivity index (χ4n) is 8.95. The van der Waals surface area contributed by atoms with E-state index in [1.165, 1.54) is 17.3 Å². The average Bonchev–Trinajstić information content (AvgIpc) is 3.83. The predicted octanol–water partition coefficient (Wildman–Crippen LogP) is 13.1. The molecule has 1 aliphatic heterocycles. The molecule has 10 aromatic rings. The first-order valence-corrected chi connectivity index (χ1v) is 20.6. The van der Waals surface area contributed by atoms with Crippen molar-refractivity contribution < 1.29 is 9.59 Å². The van der Waals surface area contributed by atoms with Crippen LogP contribution in [0.25, 0.3) is 88.0 Å². The van der Waals surface area contributed by atoms with Gasteiger partial charge in [-0.3, -0.25) is 19.6 Å². The number of carbonyl (C=O) groups is 2. The maximum Gasteiger partial charge on any atom is 0.268 e. The normalized spacial score (nSPS) is 12.1. The summed E-state index contributed by atoms with van der Waals surface area (Å²) in [5, 5.41) is 11.6. The van der Waals surface area contributed by atoms with Gasteiger partial charge in [0.15, 0.2) is 0 Å². The minimum atomic E-state index is -0.445. The van der Waals surface area contributed by atoms with E-state index < -0.39 is 11.8 Å². The van der Waals surface area contributed by atoms with Crippen molar-refractivity contribution in [3.8, 4) is 67.4 Å². The highest BCUT2D eigenvalue weighted by molar-refractivity contribution is 6.37. The highest BCUT2D eigenvalue weighted by Gasteiger charge is 2.42. The van der Waals surface area contributed by atoms with E-state index in [-0.39, 0.29) is 11.1 Å². The lowest BCUT2D eigenvalue weighted by Crippen LogP contribution is -2.30. The summed E-state index contributed by atoms with van der Waals surface area (Å²) in [4.78, 5) is 44.5. The van der Waals surface area contributed by atoms with E-state index in [4.69, 9.17) is 6.57 Å². The molecule has 0 bridgehead atoms. The lowest BCUT2D eigenvalue weighted by Gasteiger charge is -2.24. The highest BCUT2D eigenvalue weighted by Crippen LogP contribution is 2.47. The topological polar surface area (TPSA) is 96.2 Å². The van der Waals surface area contributed by atoms with Crippen molar-refractivity contribution in [1.82, 2.24) is 14.5 Å². The summed E-state index contributed by atoms with van der Waals surface area (Å²) in [6, 6.07) is 57.4. The van der Waals surface area contributed by atoms with Gasteiger partial charge in [-0.15, -0.1) is 0 Å². The Balaban J connectivity index is 1.17. The molecule has 8 nitrogen and oxygen atoms in total. The van der Waals surface area contributed by atoms with Crippen molar-refractivity contribution >= 4 is 45.0 Å². The minimum Gasteiger partial charge on any atom is -0.308 e. The van der Waals surface area contributed by atoms with E-state index in [9.17, 15) is 5.26 Å². The number of hydrogen-bond donors (Lipinski definition) is 0. The number of benzene rings is 7. The van der Waals surface area contributed by atoms with Crippen molar-refractivity contribution in [2.75, 3.05) is 4.90 Å². The third kappa shape index (κ3) is 6.22. The Bertz CT molecular complexity index is 3450. The van der Waals surface area contributed by atoms with Crippen LogP contribution < -0.4 is 4.90 Å². The van der Waals surface area contributed by atoms with E-state index in [2.05, 4.69) is 45.1 Å². The van der Waals surface area contributed by atoms with Crippen LogP contribution in [0.2, 0.25) is 0 Å². The molecular weight excluding hydrogens is 789 g/mol. The van der Waals surface area contributed by atoms with Gasteiger partial charge in [0, 0.05) is 52.3 Å². The molecule has 4 heterocycles. The number of nitrogens with zero attached hydrogens (tertiary/aromatic N) is 6. The van der Waals surface area contributed by atoms with Gasteiger partial charge in [0.05, 0.1) is 45.7 Å². The van der Waals surface area contributed by atoms with Crippen molar-refractivity contribution in [3.63, 3.8) is 0 Å². The molecule has 0 saturated carbocycles. The molecule has 0 fully saturated rings. The zero-order valence-electron chi connectivity index (χ0n) is 34.0. The van der Waals surface area contributed by atoms with Crippen molar-refractivity contribution in [2.24, 2.45) is 0 Å². The average molecular weight is 821 g/mol. The Kier molecular flexibility index (Phi) is 9.05. The molecule has 8 heteroatoms. The second-order valence-electron chi connectivity index (χ2n) is 15.6. The van der Waals surface area contributed by atoms with Crippen molar-refractivity contribution in [2.45, 2.75) is 0 Å². The largest absolute Gasteiger partial charge is 0.308 e. The number of nitriles is 1. The van der Waals surface area contributed by atoms with Crippen LogP contribution in [-0.4, -0.2) is 26.3 Å². The van der Waals surface area contributed by atoms with Gasteiger partial charge in [-0.25, -0.2) is 9.74 Å². The SMILES string of the molecule is [C-]#[N+]c1cncc(-c2ccc3c4ccc(-c5cncc(C#N)c5)cc4n(-c4cccc5c4C(=O)N(c4c(-c6ccccc6)cc(-c6ccccc6)cc4-c4ccccc4)C5=O)c3c2)c1. The number of imide groups is 1. The number of carbonyl (C=O) groups excluding carboxylic acids is 2. The monoisotopic (exact) mass is 820 g/mol. The smallest absolute Gasteiger partial charge is 0.268 e. The molecule has 0 aliphatic carbocycles. The fraction of sp³-hybridized carbons (Fsp3) is 0. The zero-order chi connectivity index (χ0) is 43.3. The number of rotatable bonds is 7. The van der Waals surface area contributed by atoms with Gasteiger partial charge in [0.2, 0.25) is 5.69 Å². The molecule has 11 rings (SSSR count). The highest BCUT2D eigenvalue weighted by atomic mass is 16.2. The molecule has 0 N–H and O–H groups in total. The molecular formula is C56H32N6O2. The van der Waals surface area contributed by atoms with Crippen molar-refractivity contribution in [1.29, 1.82) is 5.26 Å². The number of fused-ring (bicyclic) bond motifs is 4. The molecule has 7 aromatic carbocycles. The van der Waals surface area contributed by atoms with Gasteiger partial charge in [-0.2, -0.15) is 5.26 Å². The lowest BCUT2D eigenvalue weighted by atomic mass is 9.90. The summed E-state index contributed by atoms with van der Waals surface area (Å²) in [6.07, 6.45) is 6.52. The molecule has 0 atom stereocenters. The number of hydrogen-bond acceptors (Lipinski definition) is 5. The van der Waals surface area contributed by atoms with Crippen LogP contribution in [0.5, 0.6) is 0 Å². The third-order valence-electron chi connectivity index (χ3n) is 11.9. The molecule has 0 saturated heterocycles. The standard InChI is InChI=1S/C56H32N6O2/c1-58-44-25-43(33-60-34-44)40-21-23-46-45-22-20-39(42-24-35(30-57)31-59-32-42)28-51(45)61(52(46)29-40)50-19-11-18-47-53(50)56(64)62(55(47)63)54-48(37-14-7-3-8-15-37)26-41(36-12-5-2-6-13-36)27-49(54)38-16-9-4-10-17-38/h2-29,31-34H. The maximum absolute atomic E-state index is 15.7. The van der Waals surface area contributed by atoms with E-state index >= 15 is 9.59 Å². The van der Waals surface area contributed by atoms with Crippen LogP contribution in [-0.2, 0) is 0 Å². The fourth-order valence-corrected chi connectivity index (χ4v) is 8.95. The van der Waals surface area contributed by atoms with Gasteiger partial charge in [-0.1, -0.05) is 121 Å². The van der Waals surface area contributed by atoms with Gasteiger partial charge >= 0.3 is 0 Å².